The zero-order valence-corrected chi connectivity index (χ0v) is 11.4. The number of nitrogens with one attached hydrogen (secondary N) is 1. The Bertz CT molecular complexity index is 217. The SMILES string of the molecule is CCN(CC)CCCN=C(N)NC1CCCC1. The summed E-state index contributed by atoms with van der Waals surface area (Å²) in [4.78, 5) is 6.80. The molecule has 0 unspecified atom stereocenters. The van der Waals surface area contributed by atoms with Gasteiger partial charge in [0.1, 0.15) is 0 Å². The zero-order chi connectivity index (χ0) is 12.5. The third-order valence-electron chi connectivity index (χ3n) is 3.52. The summed E-state index contributed by atoms with van der Waals surface area (Å²) in [7, 11) is 0. The van der Waals surface area contributed by atoms with Crippen molar-refractivity contribution in [3.63, 3.8) is 0 Å². The molecule has 0 saturated heterocycles. The third kappa shape index (κ3) is 5.91. The van der Waals surface area contributed by atoms with Crippen molar-refractivity contribution < 1.29 is 0 Å². The summed E-state index contributed by atoms with van der Waals surface area (Å²) >= 11 is 0. The first-order valence-corrected chi connectivity index (χ1v) is 7.05. The lowest BCUT2D eigenvalue weighted by Gasteiger charge is -2.17. The van der Waals surface area contributed by atoms with Crippen LogP contribution in [0.3, 0.4) is 0 Å². The van der Waals surface area contributed by atoms with Crippen molar-refractivity contribution in [2.75, 3.05) is 26.2 Å². The molecule has 0 atom stereocenters. The average Bonchev–Trinajstić information content (AvgIpc) is 2.82. The van der Waals surface area contributed by atoms with Crippen LogP contribution in [0.5, 0.6) is 0 Å². The molecule has 0 heterocycles. The Balaban J connectivity index is 2.10. The second-order valence-electron chi connectivity index (χ2n) is 4.77. The summed E-state index contributed by atoms with van der Waals surface area (Å²) in [6.45, 7) is 8.59. The van der Waals surface area contributed by atoms with E-state index in [2.05, 4.69) is 29.1 Å². The van der Waals surface area contributed by atoms with Gasteiger partial charge in [-0.05, 0) is 38.9 Å². The molecule has 3 N–H and O–H groups in total. The fraction of sp³-hybridized carbons (Fsp3) is 0.923. The minimum atomic E-state index is 0.571. The molecule has 0 aromatic heterocycles. The van der Waals surface area contributed by atoms with Crippen LogP contribution in [-0.4, -0.2) is 43.1 Å². The van der Waals surface area contributed by atoms with Crippen LogP contribution in [0.15, 0.2) is 4.99 Å². The van der Waals surface area contributed by atoms with Gasteiger partial charge in [-0.15, -0.1) is 0 Å². The van der Waals surface area contributed by atoms with Gasteiger partial charge in [-0.1, -0.05) is 26.7 Å². The molecule has 1 saturated carbocycles. The van der Waals surface area contributed by atoms with E-state index >= 15 is 0 Å². The normalized spacial score (nSPS) is 17.9. The summed E-state index contributed by atoms with van der Waals surface area (Å²) in [5, 5.41) is 3.31. The molecular weight excluding hydrogens is 212 g/mol. The maximum Gasteiger partial charge on any atom is 0.188 e. The highest BCUT2D eigenvalue weighted by atomic mass is 15.1. The molecule has 1 rings (SSSR count). The van der Waals surface area contributed by atoms with Crippen LogP contribution < -0.4 is 11.1 Å². The lowest BCUT2D eigenvalue weighted by molar-refractivity contribution is 0.302. The van der Waals surface area contributed by atoms with E-state index in [1.807, 2.05) is 0 Å². The van der Waals surface area contributed by atoms with Crippen molar-refractivity contribution in [3.05, 3.63) is 0 Å². The van der Waals surface area contributed by atoms with E-state index in [9.17, 15) is 0 Å². The van der Waals surface area contributed by atoms with E-state index in [-0.39, 0.29) is 0 Å². The highest BCUT2D eigenvalue weighted by Crippen LogP contribution is 2.17. The van der Waals surface area contributed by atoms with Crippen LogP contribution in [0.4, 0.5) is 0 Å². The Hall–Kier alpha value is -0.770. The van der Waals surface area contributed by atoms with E-state index in [0.717, 1.165) is 32.6 Å². The Morgan fingerprint density at radius 3 is 2.53 bits per heavy atom. The fourth-order valence-electron chi connectivity index (χ4n) is 2.36. The number of nitrogens with two attached hydrogens (primary N) is 1. The number of guanidine groups is 1. The van der Waals surface area contributed by atoms with Crippen molar-refractivity contribution in [3.8, 4) is 0 Å². The summed E-state index contributed by atoms with van der Waals surface area (Å²) in [6.07, 6.45) is 6.24. The monoisotopic (exact) mass is 240 g/mol. The van der Waals surface area contributed by atoms with Crippen LogP contribution in [0.25, 0.3) is 0 Å². The first-order valence-electron chi connectivity index (χ1n) is 7.05. The van der Waals surface area contributed by atoms with Crippen LogP contribution in [0, 0.1) is 0 Å². The molecule has 17 heavy (non-hydrogen) atoms. The van der Waals surface area contributed by atoms with Crippen LogP contribution >= 0.6 is 0 Å². The molecule has 0 aromatic rings. The molecule has 1 aliphatic carbocycles. The standard InChI is InChI=1S/C13H28N4/c1-3-17(4-2)11-7-10-15-13(14)16-12-8-5-6-9-12/h12H,3-11H2,1-2H3,(H3,14,15,16). The van der Waals surface area contributed by atoms with Gasteiger partial charge >= 0.3 is 0 Å². The number of aliphatic imine (C=N–C) groups is 1. The van der Waals surface area contributed by atoms with Crippen molar-refractivity contribution in [2.24, 2.45) is 10.7 Å². The van der Waals surface area contributed by atoms with Crippen LogP contribution in [0.1, 0.15) is 46.0 Å². The molecule has 0 aromatic carbocycles. The molecule has 0 bridgehead atoms. The molecule has 0 aliphatic heterocycles. The van der Waals surface area contributed by atoms with E-state index in [0.29, 0.717) is 12.0 Å². The first kappa shape index (κ1) is 14.3. The van der Waals surface area contributed by atoms with E-state index in [4.69, 9.17) is 5.73 Å². The molecule has 0 radical (unpaired) electrons. The topological polar surface area (TPSA) is 53.6 Å². The Labute approximate surface area is 106 Å². The van der Waals surface area contributed by atoms with Crippen molar-refractivity contribution >= 4 is 5.96 Å². The van der Waals surface area contributed by atoms with Gasteiger partial charge in [0.15, 0.2) is 5.96 Å². The van der Waals surface area contributed by atoms with Gasteiger partial charge in [-0.3, -0.25) is 4.99 Å². The molecule has 1 fully saturated rings. The maximum atomic E-state index is 5.86. The molecule has 0 spiro atoms. The fourth-order valence-corrected chi connectivity index (χ4v) is 2.36. The van der Waals surface area contributed by atoms with Gasteiger partial charge in [0.2, 0.25) is 0 Å². The first-order chi connectivity index (χ1) is 8.26. The molecule has 100 valence electrons. The summed E-state index contributed by atoms with van der Waals surface area (Å²) < 4.78 is 0. The smallest absolute Gasteiger partial charge is 0.188 e. The van der Waals surface area contributed by atoms with Gasteiger partial charge in [-0.25, -0.2) is 0 Å². The van der Waals surface area contributed by atoms with E-state index in [1.54, 1.807) is 0 Å². The lowest BCUT2D eigenvalue weighted by atomic mass is 10.2. The maximum absolute atomic E-state index is 5.86. The van der Waals surface area contributed by atoms with Gasteiger partial charge < -0.3 is 16.0 Å². The summed E-state index contributed by atoms with van der Waals surface area (Å²) in [5.41, 5.74) is 5.86. The van der Waals surface area contributed by atoms with E-state index in [1.165, 1.54) is 25.7 Å². The Kier molecular flexibility index (Phi) is 7.01. The van der Waals surface area contributed by atoms with Gasteiger partial charge in [-0.2, -0.15) is 0 Å². The predicted octanol–water partition coefficient (Wildman–Crippen LogP) is 1.57. The summed E-state index contributed by atoms with van der Waals surface area (Å²) in [6, 6.07) is 0.571. The van der Waals surface area contributed by atoms with Crippen LogP contribution in [0.2, 0.25) is 0 Å². The molecule has 1 aliphatic rings. The summed E-state index contributed by atoms with van der Waals surface area (Å²) in [5.74, 6) is 0.636. The average molecular weight is 240 g/mol. The Morgan fingerprint density at radius 2 is 1.94 bits per heavy atom. The predicted molar refractivity (Wildman–Crippen MR) is 74.3 cm³/mol. The van der Waals surface area contributed by atoms with Gasteiger partial charge in [0.25, 0.3) is 0 Å². The number of nitrogens with zero attached hydrogens (tertiary/aromatic N) is 2. The highest BCUT2D eigenvalue weighted by Gasteiger charge is 2.14. The van der Waals surface area contributed by atoms with Gasteiger partial charge in [0.05, 0.1) is 0 Å². The largest absolute Gasteiger partial charge is 0.370 e. The second kappa shape index (κ2) is 8.34. The third-order valence-corrected chi connectivity index (χ3v) is 3.52. The number of hydrogen-bond acceptors (Lipinski definition) is 2. The van der Waals surface area contributed by atoms with E-state index < -0.39 is 0 Å². The van der Waals surface area contributed by atoms with Crippen LogP contribution in [-0.2, 0) is 0 Å². The highest BCUT2D eigenvalue weighted by molar-refractivity contribution is 5.78. The molecule has 4 heteroatoms. The van der Waals surface area contributed by atoms with Crippen molar-refractivity contribution in [1.29, 1.82) is 0 Å². The minimum Gasteiger partial charge on any atom is -0.370 e. The van der Waals surface area contributed by atoms with Gasteiger partial charge in [0, 0.05) is 12.6 Å². The van der Waals surface area contributed by atoms with Crippen molar-refractivity contribution in [1.82, 2.24) is 10.2 Å². The second-order valence-corrected chi connectivity index (χ2v) is 4.77. The molecular formula is C13H28N4. The Morgan fingerprint density at radius 1 is 1.29 bits per heavy atom. The number of rotatable bonds is 7. The zero-order valence-electron chi connectivity index (χ0n) is 11.4. The molecule has 4 nitrogen and oxygen atoms in total. The number of hydrogen-bond donors (Lipinski definition) is 2. The quantitative estimate of drug-likeness (QED) is 0.403. The van der Waals surface area contributed by atoms with Crippen molar-refractivity contribution in [2.45, 2.75) is 52.0 Å². The lowest BCUT2D eigenvalue weighted by Crippen LogP contribution is -2.38. The molecule has 0 amide bonds. The minimum absolute atomic E-state index is 0.571.